The highest BCUT2D eigenvalue weighted by Gasteiger charge is 2.25. The van der Waals surface area contributed by atoms with Gasteiger partial charge in [0.15, 0.2) is 0 Å². The first-order chi connectivity index (χ1) is 13.5. The normalized spacial score (nSPS) is 12.9. The Morgan fingerprint density at radius 2 is 1.75 bits per heavy atom. The fraction of sp³-hybridized carbons (Fsp3) is 0.600. The molecule has 0 aromatic carbocycles. The van der Waals surface area contributed by atoms with Crippen molar-refractivity contribution in [1.82, 2.24) is 19.1 Å². The third kappa shape index (κ3) is 6.60. The van der Waals surface area contributed by atoms with E-state index in [4.69, 9.17) is 4.18 Å². The lowest BCUT2D eigenvalue weighted by atomic mass is 10.1. The Bertz CT molecular complexity index is 826. The van der Waals surface area contributed by atoms with E-state index in [1.165, 1.54) is 6.08 Å². The molecule has 0 aliphatic carbocycles. The first kappa shape index (κ1) is 22.4. The van der Waals surface area contributed by atoms with Crippen molar-refractivity contribution in [3.05, 3.63) is 49.1 Å². The summed E-state index contributed by atoms with van der Waals surface area (Å²) in [7, 11) is -3.71. The van der Waals surface area contributed by atoms with Crippen LogP contribution in [0.5, 0.6) is 0 Å². The highest BCUT2D eigenvalue weighted by atomic mass is 32.2. The van der Waals surface area contributed by atoms with Crippen molar-refractivity contribution in [2.24, 2.45) is 0 Å². The minimum atomic E-state index is -3.71. The Morgan fingerprint density at radius 1 is 1.11 bits per heavy atom. The van der Waals surface area contributed by atoms with Gasteiger partial charge >= 0.3 is 0 Å². The monoisotopic (exact) mass is 408 g/mol. The molecule has 0 fully saturated rings. The summed E-state index contributed by atoms with van der Waals surface area (Å²) in [6, 6.07) is 0. The van der Waals surface area contributed by atoms with Gasteiger partial charge in [0, 0.05) is 44.3 Å². The Hall–Kier alpha value is -1.93. The van der Waals surface area contributed by atoms with Crippen LogP contribution in [0.3, 0.4) is 0 Å². The lowest BCUT2D eigenvalue weighted by molar-refractivity contribution is 0.187. The van der Waals surface area contributed by atoms with E-state index >= 15 is 0 Å². The molecule has 0 amide bonds. The molecule has 0 saturated heterocycles. The number of rotatable bonds is 14. The van der Waals surface area contributed by atoms with Crippen LogP contribution < -0.4 is 0 Å². The number of imidazole rings is 2. The molecule has 0 spiro atoms. The summed E-state index contributed by atoms with van der Waals surface area (Å²) >= 11 is 0. The minimum Gasteiger partial charge on any atom is -0.335 e. The van der Waals surface area contributed by atoms with Crippen molar-refractivity contribution < 1.29 is 12.6 Å². The topological polar surface area (TPSA) is 79.0 Å². The van der Waals surface area contributed by atoms with Gasteiger partial charge in [-0.2, -0.15) is 8.42 Å². The average Bonchev–Trinajstić information content (AvgIpc) is 3.30. The smallest absolute Gasteiger partial charge is 0.271 e. The van der Waals surface area contributed by atoms with Crippen LogP contribution in [0.15, 0.2) is 37.4 Å². The standard InChI is InChI=1S/C20H32N4O3S/c1-4-7-13-23-15-11-21-19(23)10-9-18(27-28(25,26)17-6-3)20-22-12-16-24(20)14-8-5-2/h6,11-12,15-16,18H,3-5,7-10,13-14,17H2,1-2H3. The third-order valence-corrected chi connectivity index (χ3v) is 5.73. The van der Waals surface area contributed by atoms with Crippen LogP contribution in [-0.2, 0) is 33.8 Å². The summed E-state index contributed by atoms with van der Waals surface area (Å²) in [5.41, 5.74) is 0. The molecule has 0 bridgehead atoms. The Kier molecular flexibility index (Phi) is 8.92. The van der Waals surface area contributed by atoms with E-state index in [0.29, 0.717) is 18.7 Å². The SMILES string of the molecule is C=CCS(=O)(=O)OC(CCc1nccn1CCCC)c1nccn1CCCC. The molecule has 8 heteroatoms. The van der Waals surface area contributed by atoms with Crippen LogP contribution in [-0.4, -0.2) is 33.3 Å². The van der Waals surface area contributed by atoms with Crippen molar-refractivity contribution in [1.29, 1.82) is 0 Å². The molecule has 2 aromatic heterocycles. The van der Waals surface area contributed by atoms with E-state index in [9.17, 15) is 8.42 Å². The van der Waals surface area contributed by atoms with Gasteiger partial charge in [0.05, 0.1) is 5.75 Å². The summed E-state index contributed by atoms with van der Waals surface area (Å²) in [4.78, 5) is 8.85. The zero-order valence-corrected chi connectivity index (χ0v) is 17.8. The highest BCUT2D eigenvalue weighted by molar-refractivity contribution is 7.86. The Labute approximate surface area is 168 Å². The molecule has 2 rings (SSSR count). The maximum Gasteiger partial charge on any atom is 0.271 e. The molecule has 0 radical (unpaired) electrons. The first-order valence-corrected chi connectivity index (χ1v) is 11.6. The number of nitrogens with zero attached hydrogens (tertiary/aromatic N) is 4. The van der Waals surface area contributed by atoms with E-state index in [-0.39, 0.29) is 5.75 Å². The fourth-order valence-corrected chi connectivity index (χ4v) is 3.97. The zero-order valence-electron chi connectivity index (χ0n) is 17.0. The fourth-order valence-electron chi connectivity index (χ4n) is 3.07. The highest BCUT2D eigenvalue weighted by Crippen LogP contribution is 2.25. The molecule has 0 aliphatic heterocycles. The summed E-state index contributed by atoms with van der Waals surface area (Å²) < 4.78 is 34.2. The maximum absolute atomic E-state index is 12.3. The van der Waals surface area contributed by atoms with Gasteiger partial charge in [-0.1, -0.05) is 32.8 Å². The van der Waals surface area contributed by atoms with Crippen molar-refractivity contribution in [2.75, 3.05) is 5.75 Å². The van der Waals surface area contributed by atoms with Gasteiger partial charge in [-0.3, -0.25) is 4.18 Å². The van der Waals surface area contributed by atoms with Crippen molar-refractivity contribution in [3.63, 3.8) is 0 Å². The average molecular weight is 409 g/mol. The summed E-state index contributed by atoms with van der Waals surface area (Å²) in [5, 5.41) is 0. The summed E-state index contributed by atoms with van der Waals surface area (Å²) in [5.74, 6) is 1.37. The second kappa shape index (κ2) is 11.2. The molecule has 1 unspecified atom stereocenters. The Balaban J connectivity index is 2.18. The van der Waals surface area contributed by atoms with E-state index < -0.39 is 16.2 Å². The van der Waals surface area contributed by atoms with Crippen LogP contribution in [0.1, 0.15) is 63.7 Å². The molecule has 0 aliphatic rings. The molecule has 1 atom stereocenters. The molecule has 156 valence electrons. The van der Waals surface area contributed by atoms with Crippen LogP contribution >= 0.6 is 0 Å². The summed E-state index contributed by atoms with van der Waals surface area (Å²) in [6.07, 6.45) is 13.4. The first-order valence-electron chi connectivity index (χ1n) is 10.0. The number of hydrogen-bond donors (Lipinski definition) is 0. The zero-order chi connectivity index (χ0) is 20.4. The molecule has 0 saturated carbocycles. The third-order valence-electron chi connectivity index (χ3n) is 4.56. The quantitative estimate of drug-likeness (QED) is 0.350. The van der Waals surface area contributed by atoms with Gasteiger partial charge in [0.2, 0.25) is 0 Å². The van der Waals surface area contributed by atoms with E-state index in [1.807, 2.05) is 17.0 Å². The molecular formula is C20H32N4O3S. The molecule has 2 aromatic rings. The molecule has 2 heterocycles. The predicted octanol–water partition coefficient (Wildman–Crippen LogP) is 3.89. The second-order valence-electron chi connectivity index (χ2n) is 6.86. The van der Waals surface area contributed by atoms with E-state index in [2.05, 4.69) is 35.0 Å². The van der Waals surface area contributed by atoms with Gasteiger partial charge < -0.3 is 9.13 Å². The minimum absolute atomic E-state index is 0.218. The van der Waals surface area contributed by atoms with E-state index in [0.717, 1.165) is 44.6 Å². The molecular weight excluding hydrogens is 376 g/mol. The van der Waals surface area contributed by atoms with Gasteiger partial charge in [-0.15, -0.1) is 6.58 Å². The lowest BCUT2D eigenvalue weighted by Crippen LogP contribution is -2.19. The van der Waals surface area contributed by atoms with Crippen molar-refractivity contribution in [3.8, 4) is 0 Å². The van der Waals surface area contributed by atoms with Crippen molar-refractivity contribution in [2.45, 2.75) is 71.6 Å². The Morgan fingerprint density at radius 3 is 2.43 bits per heavy atom. The lowest BCUT2D eigenvalue weighted by Gasteiger charge is -2.19. The van der Waals surface area contributed by atoms with Gasteiger partial charge in [0.1, 0.15) is 17.8 Å². The number of unbranched alkanes of at least 4 members (excludes halogenated alkanes) is 2. The molecule has 28 heavy (non-hydrogen) atoms. The van der Waals surface area contributed by atoms with Gasteiger partial charge in [0.25, 0.3) is 10.1 Å². The van der Waals surface area contributed by atoms with Crippen LogP contribution in [0.25, 0.3) is 0 Å². The van der Waals surface area contributed by atoms with E-state index in [1.54, 1.807) is 12.4 Å². The second-order valence-corrected chi connectivity index (χ2v) is 8.50. The van der Waals surface area contributed by atoms with Crippen LogP contribution in [0.2, 0.25) is 0 Å². The van der Waals surface area contributed by atoms with Gasteiger partial charge in [-0.05, 0) is 19.3 Å². The predicted molar refractivity (Wildman–Crippen MR) is 110 cm³/mol. The maximum atomic E-state index is 12.3. The largest absolute Gasteiger partial charge is 0.335 e. The van der Waals surface area contributed by atoms with Crippen molar-refractivity contribution >= 4 is 10.1 Å². The number of aromatic nitrogens is 4. The van der Waals surface area contributed by atoms with Crippen LogP contribution in [0, 0.1) is 0 Å². The van der Waals surface area contributed by atoms with Crippen LogP contribution in [0.4, 0.5) is 0 Å². The summed E-state index contributed by atoms with van der Waals surface area (Å²) in [6.45, 7) is 9.49. The molecule has 7 nitrogen and oxygen atoms in total. The van der Waals surface area contributed by atoms with Gasteiger partial charge in [-0.25, -0.2) is 9.97 Å². The number of hydrogen-bond acceptors (Lipinski definition) is 5. The number of aryl methyl sites for hydroxylation is 3. The molecule has 0 N–H and O–H groups in total.